The molecule has 0 radical (unpaired) electrons. The van der Waals surface area contributed by atoms with Crippen molar-refractivity contribution >= 4 is 22.8 Å². The number of fused-ring (bicyclic) bond motifs is 3. The van der Waals surface area contributed by atoms with E-state index in [0.717, 1.165) is 48.8 Å². The Morgan fingerprint density at radius 1 is 0.882 bits per heavy atom. The molecule has 4 aliphatic rings. The number of hydrogen-bond donors (Lipinski definition) is 1. The summed E-state index contributed by atoms with van der Waals surface area (Å²) in [4.78, 5) is 34.3. The molecule has 4 fully saturated rings. The van der Waals surface area contributed by atoms with Gasteiger partial charge in [0.15, 0.2) is 5.82 Å². The maximum absolute atomic E-state index is 13.7. The van der Waals surface area contributed by atoms with Gasteiger partial charge in [-0.05, 0) is 62.5 Å². The highest BCUT2D eigenvalue weighted by molar-refractivity contribution is 5.81. The first-order valence-corrected chi connectivity index (χ1v) is 13.3. The molecule has 182 valence electrons. The minimum absolute atomic E-state index is 0.130. The van der Waals surface area contributed by atoms with Crippen LogP contribution in [0.4, 0.5) is 5.82 Å². The van der Waals surface area contributed by atoms with Gasteiger partial charge in [0.05, 0.1) is 11.0 Å². The second-order valence-electron chi connectivity index (χ2n) is 11.1. The molecule has 4 atom stereocenters. The first-order chi connectivity index (χ1) is 16.6. The molecular weight excluding hydrogens is 428 g/mol. The summed E-state index contributed by atoms with van der Waals surface area (Å²) in [5, 5.41) is 9.53. The molecule has 2 aromatic rings. The lowest BCUT2D eigenvalue weighted by atomic mass is 9.77. The Morgan fingerprint density at radius 2 is 1.59 bits per heavy atom. The third-order valence-electron chi connectivity index (χ3n) is 9.09. The van der Waals surface area contributed by atoms with Crippen LogP contribution in [-0.2, 0) is 4.79 Å². The van der Waals surface area contributed by atoms with E-state index in [9.17, 15) is 14.7 Å². The van der Waals surface area contributed by atoms with Crippen LogP contribution < -0.4 is 10.5 Å². The van der Waals surface area contributed by atoms with Crippen LogP contribution in [0.1, 0.15) is 70.3 Å². The lowest BCUT2D eigenvalue weighted by Gasteiger charge is -2.43. The molecule has 6 rings (SSSR count). The van der Waals surface area contributed by atoms with Gasteiger partial charge < -0.3 is 19.5 Å². The van der Waals surface area contributed by atoms with Crippen molar-refractivity contribution in [1.29, 1.82) is 0 Å². The van der Waals surface area contributed by atoms with Crippen LogP contribution in [0.5, 0.6) is 0 Å². The standard InChI is InChI=1S/C27H36N4O3/c32-26-25(30-14-11-24(30)27(33)34)28-22-7-3-4-8-23(22)31(26)20-9-12-29(13-10-20)21-16-18-5-1-2-6-19(15-18)17-21/h3-4,7-8,18-21,24H,1-2,5-6,9-17H2,(H,33,34)/t18-,19+,21?,24-/m0/s1. The first kappa shape index (κ1) is 22.1. The third kappa shape index (κ3) is 3.92. The lowest BCUT2D eigenvalue weighted by molar-refractivity contribution is -0.140. The molecule has 2 aliphatic heterocycles. The normalized spacial score (nSPS) is 30.6. The average molecular weight is 465 g/mol. The van der Waals surface area contributed by atoms with Gasteiger partial charge in [-0.3, -0.25) is 4.79 Å². The van der Waals surface area contributed by atoms with Crippen LogP contribution in [0.3, 0.4) is 0 Å². The number of piperidine rings is 1. The van der Waals surface area contributed by atoms with Crippen LogP contribution in [-0.4, -0.2) is 57.2 Å². The molecule has 7 heteroatoms. The molecule has 0 spiro atoms. The molecule has 34 heavy (non-hydrogen) atoms. The number of aliphatic carboxylic acids is 1. The molecule has 1 aromatic heterocycles. The van der Waals surface area contributed by atoms with Gasteiger partial charge in [0.25, 0.3) is 5.56 Å². The van der Waals surface area contributed by atoms with Crippen molar-refractivity contribution < 1.29 is 9.90 Å². The maximum Gasteiger partial charge on any atom is 0.326 e. The van der Waals surface area contributed by atoms with E-state index in [1.165, 1.54) is 44.9 Å². The summed E-state index contributed by atoms with van der Waals surface area (Å²) >= 11 is 0. The number of para-hydroxylation sites is 2. The van der Waals surface area contributed by atoms with Gasteiger partial charge in [-0.1, -0.05) is 37.8 Å². The zero-order valence-corrected chi connectivity index (χ0v) is 19.9. The Balaban J connectivity index is 1.25. The van der Waals surface area contributed by atoms with E-state index in [4.69, 9.17) is 0 Å². The van der Waals surface area contributed by atoms with E-state index >= 15 is 0 Å². The van der Waals surface area contributed by atoms with Crippen molar-refractivity contribution in [3.63, 3.8) is 0 Å². The van der Waals surface area contributed by atoms with Crippen molar-refractivity contribution in [2.75, 3.05) is 24.5 Å². The number of carboxylic acids is 1. The predicted octanol–water partition coefficient (Wildman–Crippen LogP) is 4.06. The van der Waals surface area contributed by atoms with Gasteiger partial charge in [-0.25, -0.2) is 9.78 Å². The number of anilines is 1. The predicted molar refractivity (Wildman–Crippen MR) is 132 cm³/mol. The molecule has 7 nitrogen and oxygen atoms in total. The van der Waals surface area contributed by atoms with Gasteiger partial charge in [-0.2, -0.15) is 0 Å². The zero-order chi connectivity index (χ0) is 23.2. The smallest absolute Gasteiger partial charge is 0.326 e. The average Bonchev–Trinajstić information content (AvgIpc) is 2.98. The highest BCUT2D eigenvalue weighted by atomic mass is 16.4. The highest BCUT2D eigenvalue weighted by Gasteiger charge is 2.39. The fourth-order valence-electron chi connectivity index (χ4n) is 7.26. The summed E-state index contributed by atoms with van der Waals surface area (Å²) in [7, 11) is 0. The molecule has 1 unspecified atom stereocenters. The lowest BCUT2D eigenvalue weighted by Crippen LogP contribution is -2.55. The Kier molecular flexibility index (Phi) is 5.84. The number of nitrogens with zero attached hydrogens (tertiary/aromatic N) is 4. The minimum atomic E-state index is -0.881. The molecule has 3 heterocycles. The second-order valence-corrected chi connectivity index (χ2v) is 11.1. The van der Waals surface area contributed by atoms with Gasteiger partial charge in [-0.15, -0.1) is 0 Å². The highest BCUT2D eigenvalue weighted by Crippen LogP contribution is 2.41. The van der Waals surface area contributed by atoms with E-state index < -0.39 is 12.0 Å². The van der Waals surface area contributed by atoms with Crippen LogP contribution in [0.25, 0.3) is 11.0 Å². The van der Waals surface area contributed by atoms with Crippen molar-refractivity contribution in [2.45, 2.75) is 82.3 Å². The summed E-state index contributed by atoms with van der Waals surface area (Å²) < 4.78 is 1.94. The van der Waals surface area contributed by atoms with E-state index in [1.54, 1.807) is 4.90 Å². The van der Waals surface area contributed by atoms with E-state index in [2.05, 4.69) is 9.88 Å². The Hall–Kier alpha value is -2.41. The number of aromatic nitrogens is 2. The fourth-order valence-corrected chi connectivity index (χ4v) is 7.26. The summed E-state index contributed by atoms with van der Waals surface area (Å²) in [6, 6.07) is 8.00. The number of rotatable bonds is 4. The van der Waals surface area contributed by atoms with Crippen LogP contribution in [0.2, 0.25) is 0 Å². The molecule has 2 saturated carbocycles. The summed E-state index contributed by atoms with van der Waals surface area (Å²) in [5.41, 5.74) is 1.50. The molecular formula is C27H36N4O3. The minimum Gasteiger partial charge on any atom is -0.480 e. The van der Waals surface area contributed by atoms with Crippen LogP contribution >= 0.6 is 0 Å². The number of benzene rings is 1. The molecule has 2 aliphatic carbocycles. The number of carbonyl (C=O) groups is 1. The van der Waals surface area contributed by atoms with E-state index in [1.807, 2.05) is 28.8 Å². The van der Waals surface area contributed by atoms with Crippen molar-refractivity contribution in [2.24, 2.45) is 11.8 Å². The van der Waals surface area contributed by atoms with Gasteiger partial charge in [0.2, 0.25) is 0 Å². The Labute approximate surface area is 200 Å². The molecule has 1 N–H and O–H groups in total. The second kappa shape index (κ2) is 8.99. The topological polar surface area (TPSA) is 78.7 Å². The molecule has 1 aromatic carbocycles. The zero-order valence-electron chi connectivity index (χ0n) is 19.9. The summed E-state index contributed by atoms with van der Waals surface area (Å²) in [6.45, 7) is 2.64. The number of likely N-dealkylation sites (tertiary alicyclic amines) is 1. The largest absolute Gasteiger partial charge is 0.480 e. The van der Waals surface area contributed by atoms with Crippen molar-refractivity contribution in [3.05, 3.63) is 34.6 Å². The van der Waals surface area contributed by atoms with E-state index in [-0.39, 0.29) is 11.6 Å². The summed E-state index contributed by atoms with van der Waals surface area (Å²) in [6.07, 6.45) is 12.3. The molecule has 2 bridgehead atoms. The van der Waals surface area contributed by atoms with Gasteiger partial charge >= 0.3 is 5.97 Å². The van der Waals surface area contributed by atoms with Crippen LogP contribution in [0, 0.1) is 11.8 Å². The first-order valence-electron chi connectivity index (χ1n) is 13.3. The molecule has 2 saturated heterocycles. The number of carboxylic acid groups (broad SMARTS) is 1. The fraction of sp³-hybridized carbons (Fsp3) is 0.667. The SMILES string of the molecule is O=C(O)[C@@H]1CCN1c1nc2ccccc2n(C2CCN(C3C[C@H]4CCCC[C@@H](C3)C4)CC2)c1=O. The molecule has 0 amide bonds. The maximum atomic E-state index is 13.7. The Bertz CT molecular complexity index is 1110. The monoisotopic (exact) mass is 464 g/mol. The van der Waals surface area contributed by atoms with Gasteiger partial charge in [0, 0.05) is 31.7 Å². The Morgan fingerprint density at radius 3 is 2.24 bits per heavy atom. The van der Waals surface area contributed by atoms with Gasteiger partial charge in [0.1, 0.15) is 6.04 Å². The van der Waals surface area contributed by atoms with Crippen molar-refractivity contribution in [3.8, 4) is 0 Å². The quantitative estimate of drug-likeness (QED) is 0.735. The van der Waals surface area contributed by atoms with E-state index in [0.29, 0.717) is 24.8 Å². The van der Waals surface area contributed by atoms with Crippen molar-refractivity contribution in [1.82, 2.24) is 14.5 Å². The van der Waals surface area contributed by atoms with Crippen LogP contribution in [0.15, 0.2) is 29.1 Å². The summed E-state index contributed by atoms with van der Waals surface area (Å²) in [5.74, 6) is 1.25. The number of hydrogen-bond acceptors (Lipinski definition) is 5. The third-order valence-corrected chi connectivity index (χ3v) is 9.09.